The Balaban J connectivity index is 2.07. The van der Waals surface area contributed by atoms with Gasteiger partial charge >= 0.3 is 0 Å². The molecule has 0 heterocycles. The third-order valence-corrected chi connectivity index (χ3v) is 5.26. The van der Waals surface area contributed by atoms with Crippen LogP contribution >= 0.6 is 0 Å². The number of rotatable bonds is 11. The van der Waals surface area contributed by atoms with Crippen molar-refractivity contribution in [2.45, 2.75) is 30.6 Å². The van der Waals surface area contributed by atoms with Crippen molar-refractivity contribution < 1.29 is 23.0 Å². The first-order valence-electron chi connectivity index (χ1n) is 9.32. The average molecular weight is 436 g/mol. The molecule has 2 rings (SSSR count). The Morgan fingerprint density at radius 1 is 1.03 bits per heavy atom. The zero-order valence-corrected chi connectivity index (χ0v) is 17.3. The number of anilines is 1. The van der Waals surface area contributed by atoms with E-state index < -0.39 is 25.6 Å². The van der Waals surface area contributed by atoms with Gasteiger partial charge < -0.3 is 10.0 Å². The van der Waals surface area contributed by atoms with Crippen LogP contribution in [0.25, 0.3) is 0 Å². The molecule has 11 heteroatoms. The van der Waals surface area contributed by atoms with Crippen LogP contribution in [0.4, 0.5) is 22.7 Å². The van der Waals surface area contributed by atoms with E-state index in [0.29, 0.717) is 5.69 Å². The second-order valence-corrected chi connectivity index (χ2v) is 8.08. The van der Waals surface area contributed by atoms with Gasteiger partial charge in [0.25, 0.3) is 15.8 Å². The predicted octanol–water partition coefficient (Wildman–Crippen LogP) is 4.25. The minimum Gasteiger partial charge on any atom is -0.396 e. The van der Waals surface area contributed by atoms with Gasteiger partial charge in [-0.1, -0.05) is 12.8 Å². The highest BCUT2D eigenvalue weighted by molar-refractivity contribution is 7.85. The maximum absolute atomic E-state index is 11.2. The highest BCUT2D eigenvalue weighted by Crippen LogP contribution is 2.31. The summed E-state index contributed by atoms with van der Waals surface area (Å²) in [6.45, 7) is 1.10. The van der Waals surface area contributed by atoms with Crippen molar-refractivity contribution in [3.63, 3.8) is 0 Å². The van der Waals surface area contributed by atoms with Crippen LogP contribution in [-0.4, -0.2) is 43.2 Å². The number of benzene rings is 2. The van der Waals surface area contributed by atoms with Crippen LogP contribution in [0, 0.1) is 10.1 Å². The van der Waals surface area contributed by atoms with Gasteiger partial charge in [-0.25, -0.2) is 0 Å². The molecule has 0 aliphatic rings. The van der Waals surface area contributed by atoms with Crippen molar-refractivity contribution in [3.8, 4) is 0 Å². The molecule has 0 fully saturated rings. The van der Waals surface area contributed by atoms with Crippen molar-refractivity contribution in [1.82, 2.24) is 0 Å². The molecule has 30 heavy (non-hydrogen) atoms. The number of hydrogen-bond donors (Lipinski definition) is 2. The second-order valence-electron chi connectivity index (χ2n) is 6.66. The predicted molar refractivity (Wildman–Crippen MR) is 112 cm³/mol. The molecular formula is C19H24N4O6S. The zero-order chi connectivity index (χ0) is 22.1. The third kappa shape index (κ3) is 6.87. The van der Waals surface area contributed by atoms with E-state index in [0.717, 1.165) is 56.1 Å². The smallest absolute Gasteiger partial charge is 0.298 e. The Labute approximate surface area is 174 Å². The average Bonchev–Trinajstić information content (AvgIpc) is 2.71. The van der Waals surface area contributed by atoms with Crippen LogP contribution in [0.2, 0.25) is 0 Å². The molecule has 0 bridgehead atoms. The molecule has 0 atom stereocenters. The van der Waals surface area contributed by atoms with Gasteiger partial charge in [0.05, 0.1) is 10.6 Å². The molecule has 2 aromatic rings. The molecule has 0 aliphatic carbocycles. The fourth-order valence-electron chi connectivity index (χ4n) is 2.72. The summed E-state index contributed by atoms with van der Waals surface area (Å²) in [5, 5.41) is 27.8. The normalized spacial score (nSPS) is 11.7. The van der Waals surface area contributed by atoms with Crippen molar-refractivity contribution >= 4 is 32.9 Å². The lowest BCUT2D eigenvalue weighted by molar-refractivity contribution is -0.384. The Bertz CT molecular complexity index is 993. The Morgan fingerprint density at radius 2 is 1.70 bits per heavy atom. The molecule has 0 saturated carbocycles. The number of aliphatic hydroxyl groups excluding tert-OH is 1. The zero-order valence-electron chi connectivity index (χ0n) is 16.5. The van der Waals surface area contributed by atoms with Gasteiger partial charge in [0.1, 0.15) is 4.90 Å². The maximum atomic E-state index is 11.2. The summed E-state index contributed by atoms with van der Waals surface area (Å²) >= 11 is 0. The summed E-state index contributed by atoms with van der Waals surface area (Å²) in [5.74, 6) is 0. The summed E-state index contributed by atoms with van der Waals surface area (Å²) in [6.07, 6.45) is 3.88. The number of aliphatic hydroxyl groups is 1. The van der Waals surface area contributed by atoms with Crippen LogP contribution in [0.5, 0.6) is 0 Å². The standard InChI is InChI=1S/C19H24N4O6S/c1-22(12-4-2-3-5-13-24)16-8-6-15(7-9-16)20-21-18-11-10-17(30(27,28)29)14-19(18)23(25)26/h6-11,14,24H,2-5,12-13H2,1H3,(H,27,28,29). The van der Waals surface area contributed by atoms with E-state index in [4.69, 9.17) is 9.66 Å². The lowest BCUT2D eigenvalue weighted by Gasteiger charge is -2.19. The topological polar surface area (TPSA) is 146 Å². The van der Waals surface area contributed by atoms with E-state index in [1.807, 2.05) is 19.2 Å². The van der Waals surface area contributed by atoms with Crippen LogP contribution < -0.4 is 4.90 Å². The van der Waals surface area contributed by atoms with Gasteiger partial charge in [0.2, 0.25) is 0 Å². The molecule has 0 radical (unpaired) electrons. The van der Waals surface area contributed by atoms with Crippen LogP contribution in [0.15, 0.2) is 57.6 Å². The molecule has 0 spiro atoms. The van der Waals surface area contributed by atoms with E-state index in [9.17, 15) is 18.5 Å². The van der Waals surface area contributed by atoms with Gasteiger partial charge in [0, 0.05) is 32.0 Å². The van der Waals surface area contributed by atoms with Crippen LogP contribution in [0.1, 0.15) is 25.7 Å². The summed E-state index contributed by atoms with van der Waals surface area (Å²) < 4.78 is 31.4. The minimum atomic E-state index is -4.56. The third-order valence-electron chi connectivity index (χ3n) is 4.41. The summed E-state index contributed by atoms with van der Waals surface area (Å²) in [7, 11) is -2.58. The van der Waals surface area contributed by atoms with Gasteiger partial charge in [-0.2, -0.15) is 13.5 Å². The van der Waals surface area contributed by atoms with E-state index in [-0.39, 0.29) is 12.3 Å². The summed E-state index contributed by atoms with van der Waals surface area (Å²) in [4.78, 5) is 11.9. The highest BCUT2D eigenvalue weighted by atomic mass is 32.2. The molecule has 162 valence electrons. The molecule has 0 aromatic heterocycles. The molecular weight excluding hydrogens is 412 g/mol. The van der Waals surface area contributed by atoms with Crippen LogP contribution in [-0.2, 0) is 10.1 Å². The molecule has 0 amide bonds. The first-order chi connectivity index (χ1) is 14.2. The largest absolute Gasteiger partial charge is 0.396 e. The van der Waals surface area contributed by atoms with Gasteiger partial charge in [-0.15, -0.1) is 5.11 Å². The van der Waals surface area contributed by atoms with E-state index in [2.05, 4.69) is 15.1 Å². The summed E-state index contributed by atoms with van der Waals surface area (Å²) in [5.41, 5.74) is 0.755. The number of unbranched alkanes of at least 4 members (excludes halogenated alkanes) is 3. The Morgan fingerprint density at radius 3 is 2.30 bits per heavy atom. The molecule has 0 aliphatic heterocycles. The molecule has 10 nitrogen and oxygen atoms in total. The van der Waals surface area contributed by atoms with Crippen molar-refractivity contribution in [1.29, 1.82) is 0 Å². The van der Waals surface area contributed by atoms with E-state index in [1.54, 1.807) is 12.1 Å². The molecule has 2 N–H and O–H groups in total. The van der Waals surface area contributed by atoms with Crippen LogP contribution in [0.3, 0.4) is 0 Å². The molecule has 0 saturated heterocycles. The fourth-order valence-corrected chi connectivity index (χ4v) is 3.22. The number of nitro groups is 1. The van der Waals surface area contributed by atoms with Crippen molar-refractivity contribution in [3.05, 3.63) is 52.6 Å². The SMILES string of the molecule is CN(CCCCCCO)c1ccc(N=Nc2ccc(S(=O)(=O)O)cc2[N+](=O)[O-])cc1. The lowest BCUT2D eigenvalue weighted by Crippen LogP contribution is -2.18. The summed E-state index contributed by atoms with van der Waals surface area (Å²) in [6, 6.07) is 10.0. The Kier molecular flexibility index (Phi) is 8.39. The van der Waals surface area contributed by atoms with Gasteiger partial charge in [0.15, 0.2) is 5.69 Å². The van der Waals surface area contributed by atoms with Gasteiger partial charge in [-0.05, 0) is 49.2 Å². The number of nitrogens with zero attached hydrogens (tertiary/aromatic N) is 4. The first kappa shape index (κ1) is 23.4. The van der Waals surface area contributed by atoms with Crippen molar-refractivity contribution in [2.75, 3.05) is 25.1 Å². The lowest BCUT2D eigenvalue weighted by atomic mass is 10.2. The van der Waals surface area contributed by atoms with E-state index in [1.165, 1.54) is 0 Å². The number of hydrogen-bond acceptors (Lipinski definition) is 8. The van der Waals surface area contributed by atoms with Crippen molar-refractivity contribution in [2.24, 2.45) is 10.2 Å². The minimum absolute atomic E-state index is 0.128. The highest BCUT2D eigenvalue weighted by Gasteiger charge is 2.19. The molecule has 0 unspecified atom stereocenters. The van der Waals surface area contributed by atoms with E-state index >= 15 is 0 Å². The Hall–Kier alpha value is -2.89. The molecule has 2 aromatic carbocycles. The second kappa shape index (κ2) is 10.8. The van der Waals surface area contributed by atoms with Gasteiger partial charge in [-0.3, -0.25) is 14.7 Å². The fraction of sp³-hybridized carbons (Fsp3) is 0.368. The quantitative estimate of drug-likeness (QED) is 0.176. The number of azo groups is 1. The monoisotopic (exact) mass is 436 g/mol. The first-order valence-corrected chi connectivity index (χ1v) is 10.8. The maximum Gasteiger partial charge on any atom is 0.298 e. The number of nitro benzene ring substituents is 1.